The van der Waals surface area contributed by atoms with Crippen LogP contribution >= 0.6 is 35.7 Å². The number of guanidine groups is 1. The van der Waals surface area contributed by atoms with Gasteiger partial charge in [-0.15, -0.1) is 24.0 Å². The van der Waals surface area contributed by atoms with Crippen molar-refractivity contribution in [2.24, 2.45) is 4.99 Å². The van der Waals surface area contributed by atoms with Gasteiger partial charge in [-0.1, -0.05) is 29.8 Å². The minimum Gasteiger partial charge on any atom is -0.355 e. The molecule has 6 heteroatoms. The molecule has 1 aromatic rings. The predicted molar refractivity (Wildman–Crippen MR) is 120 cm³/mol. The summed E-state index contributed by atoms with van der Waals surface area (Å²) in [6.07, 6.45) is 2.14. The normalized spacial score (nSPS) is 13.4. The van der Waals surface area contributed by atoms with Crippen LogP contribution in [0, 0.1) is 6.92 Å². The van der Waals surface area contributed by atoms with Crippen LogP contribution in [0.5, 0.6) is 0 Å². The van der Waals surface area contributed by atoms with E-state index in [-0.39, 0.29) is 28.7 Å². The molecule has 4 nitrogen and oxygen atoms in total. The van der Waals surface area contributed by atoms with E-state index in [1.807, 2.05) is 18.8 Å². The molecule has 0 saturated carbocycles. The van der Waals surface area contributed by atoms with Gasteiger partial charge in [-0.2, -0.15) is 11.8 Å². The Labute approximate surface area is 169 Å². The van der Waals surface area contributed by atoms with E-state index in [0.29, 0.717) is 6.04 Å². The molecule has 1 aromatic carbocycles. The molecule has 0 saturated heterocycles. The second-order valence-corrected chi connectivity index (χ2v) is 8.17. The highest BCUT2D eigenvalue weighted by atomic mass is 127. The molecule has 24 heavy (non-hydrogen) atoms. The van der Waals surface area contributed by atoms with Crippen molar-refractivity contribution in [3.05, 3.63) is 35.4 Å². The van der Waals surface area contributed by atoms with Gasteiger partial charge in [0, 0.05) is 24.9 Å². The van der Waals surface area contributed by atoms with E-state index in [2.05, 4.69) is 85.9 Å². The molecule has 0 aliphatic rings. The van der Waals surface area contributed by atoms with Crippen molar-refractivity contribution in [2.45, 2.75) is 31.6 Å². The number of aliphatic imine (C=N–C) groups is 1. The number of rotatable bonds is 7. The quantitative estimate of drug-likeness (QED) is 0.368. The molecular formula is C18H33IN4S. The van der Waals surface area contributed by atoms with Crippen LogP contribution < -0.4 is 10.6 Å². The van der Waals surface area contributed by atoms with Crippen molar-refractivity contribution in [2.75, 3.05) is 40.5 Å². The summed E-state index contributed by atoms with van der Waals surface area (Å²) < 4.78 is 0.190. The van der Waals surface area contributed by atoms with E-state index >= 15 is 0 Å². The van der Waals surface area contributed by atoms with Gasteiger partial charge in [-0.05, 0) is 46.7 Å². The van der Waals surface area contributed by atoms with Gasteiger partial charge in [-0.25, -0.2) is 0 Å². The van der Waals surface area contributed by atoms with E-state index in [4.69, 9.17) is 0 Å². The number of aryl methyl sites for hydroxylation is 1. The third-order valence-electron chi connectivity index (χ3n) is 4.01. The SMILES string of the molecule is CN=C(NCC(c1ccc(C)cc1)N(C)C)NCC(C)(C)SC.I. The first-order valence-corrected chi connectivity index (χ1v) is 9.24. The Balaban J connectivity index is 0.00000529. The fourth-order valence-corrected chi connectivity index (χ4v) is 2.39. The lowest BCUT2D eigenvalue weighted by atomic mass is 10.0. The van der Waals surface area contributed by atoms with Crippen LogP contribution in [-0.4, -0.2) is 56.1 Å². The molecule has 0 aliphatic carbocycles. The zero-order chi connectivity index (χ0) is 17.5. The predicted octanol–water partition coefficient (Wildman–Crippen LogP) is 3.52. The lowest BCUT2D eigenvalue weighted by molar-refractivity contribution is 0.298. The van der Waals surface area contributed by atoms with Crippen LogP contribution in [0.1, 0.15) is 31.0 Å². The summed E-state index contributed by atoms with van der Waals surface area (Å²) in [5.41, 5.74) is 2.60. The maximum Gasteiger partial charge on any atom is 0.191 e. The maximum atomic E-state index is 4.33. The van der Waals surface area contributed by atoms with Gasteiger partial charge in [0.15, 0.2) is 5.96 Å². The van der Waals surface area contributed by atoms with E-state index in [9.17, 15) is 0 Å². The number of thioether (sulfide) groups is 1. The van der Waals surface area contributed by atoms with Gasteiger partial charge < -0.3 is 15.5 Å². The number of nitrogens with one attached hydrogen (secondary N) is 2. The molecular weight excluding hydrogens is 431 g/mol. The molecule has 0 spiro atoms. The zero-order valence-corrected chi connectivity index (χ0v) is 19.2. The van der Waals surface area contributed by atoms with Gasteiger partial charge in [0.05, 0.1) is 6.04 Å². The molecule has 0 heterocycles. The highest BCUT2D eigenvalue weighted by Crippen LogP contribution is 2.20. The highest BCUT2D eigenvalue weighted by Gasteiger charge is 2.18. The molecule has 0 bridgehead atoms. The fraction of sp³-hybridized carbons (Fsp3) is 0.611. The fourth-order valence-electron chi connectivity index (χ4n) is 2.17. The first kappa shape index (κ1) is 23.5. The highest BCUT2D eigenvalue weighted by molar-refractivity contribution is 14.0. The Kier molecular flexibility index (Phi) is 11.0. The van der Waals surface area contributed by atoms with Crippen molar-refractivity contribution in [1.82, 2.24) is 15.5 Å². The Hall–Kier alpha value is -0.470. The largest absolute Gasteiger partial charge is 0.355 e. The Bertz CT molecular complexity index is 500. The lowest BCUT2D eigenvalue weighted by Crippen LogP contribution is -2.45. The van der Waals surface area contributed by atoms with Crippen LogP contribution in [0.2, 0.25) is 0 Å². The smallest absolute Gasteiger partial charge is 0.191 e. The van der Waals surface area contributed by atoms with Crippen LogP contribution in [0.15, 0.2) is 29.3 Å². The summed E-state index contributed by atoms with van der Waals surface area (Å²) in [5.74, 6) is 0.853. The molecule has 0 aromatic heterocycles. The summed E-state index contributed by atoms with van der Waals surface area (Å²) in [7, 11) is 6.04. The van der Waals surface area contributed by atoms with Crippen molar-refractivity contribution >= 4 is 41.7 Å². The van der Waals surface area contributed by atoms with Gasteiger partial charge in [0.25, 0.3) is 0 Å². The topological polar surface area (TPSA) is 39.7 Å². The Morgan fingerprint density at radius 2 is 1.79 bits per heavy atom. The number of benzene rings is 1. The number of nitrogens with zero attached hydrogens (tertiary/aromatic N) is 2. The molecule has 138 valence electrons. The number of hydrogen-bond acceptors (Lipinski definition) is 3. The lowest BCUT2D eigenvalue weighted by Gasteiger charge is -2.27. The average Bonchev–Trinajstić information content (AvgIpc) is 2.51. The van der Waals surface area contributed by atoms with Crippen LogP contribution in [0.25, 0.3) is 0 Å². The van der Waals surface area contributed by atoms with Crippen molar-refractivity contribution in [3.8, 4) is 0 Å². The maximum absolute atomic E-state index is 4.33. The number of likely N-dealkylation sites (N-methyl/N-ethyl adjacent to an activating group) is 1. The molecule has 2 N–H and O–H groups in total. The van der Waals surface area contributed by atoms with E-state index in [0.717, 1.165) is 19.0 Å². The summed E-state index contributed by atoms with van der Waals surface area (Å²) in [5, 5.41) is 6.86. The summed E-state index contributed by atoms with van der Waals surface area (Å²) >= 11 is 1.85. The molecule has 1 rings (SSSR count). The van der Waals surface area contributed by atoms with Crippen LogP contribution in [-0.2, 0) is 0 Å². The van der Waals surface area contributed by atoms with Gasteiger partial charge in [0.1, 0.15) is 0 Å². The summed E-state index contributed by atoms with van der Waals surface area (Å²) in [4.78, 5) is 6.56. The van der Waals surface area contributed by atoms with E-state index in [1.165, 1.54) is 11.1 Å². The molecule has 1 atom stereocenters. The van der Waals surface area contributed by atoms with Crippen molar-refractivity contribution < 1.29 is 0 Å². The molecule has 0 aliphatic heterocycles. The Morgan fingerprint density at radius 1 is 1.21 bits per heavy atom. The second-order valence-electron chi connectivity index (χ2n) is 6.66. The minimum absolute atomic E-state index is 0. The first-order valence-electron chi connectivity index (χ1n) is 8.01. The van der Waals surface area contributed by atoms with Crippen molar-refractivity contribution in [1.29, 1.82) is 0 Å². The van der Waals surface area contributed by atoms with Crippen LogP contribution in [0.3, 0.4) is 0 Å². The molecule has 1 unspecified atom stereocenters. The number of halogens is 1. The zero-order valence-electron chi connectivity index (χ0n) is 16.0. The van der Waals surface area contributed by atoms with Gasteiger partial charge in [0.2, 0.25) is 0 Å². The number of hydrogen-bond donors (Lipinski definition) is 2. The Morgan fingerprint density at radius 3 is 2.25 bits per heavy atom. The minimum atomic E-state index is 0. The average molecular weight is 464 g/mol. The summed E-state index contributed by atoms with van der Waals surface area (Å²) in [6.45, 7) is 8.27. The molecule has 0 amide bonds. The summed E-state index contributed by atoms with van der Waals surface area (Å²) in [6, 6.07) is 9.05. The first-order chi connectivity index (χ1) is 10.8. The van der Waals surface area contributed by atoms with E-state index in [1.54, 1.807) is 0 Å². The molecule has 0 fully saturated rings. The van der Waals surface area contributed by atoms with Crippen LogP contribution in [0.4, 0.5) is 0 Å². The second kappa shape index (κ2) is 11.2. The van der Waals surface area contributed by atoms with Crippen molar-refractivity contribution in [3.63, 3.8) is 0 Å². The van der Waals surface area contributed by atoms with Gasteiger partial charge in [-0.3, -0.25) is 4.99 Å². The molecule has 0 radical (unpaired) electrons. The van der Waals surface area contributed by atoms with Gasteiger partial charge >= 0.3 is 0 Å². The monoisotopic (exact) mass is 464 g/mol. The third-order valence-corrected chi connectivity index (χ3v) is 5.26. The third kappa shape index (κ3) is 8.07. The standard InChI is InChI=1S/C18H32N4S.HI/c1-14-8-10-15(11-9-14)16(22(5)6)12-20-17(19-4)21-13-18(2,3)23-7;/h8-11,16H,12-13H2,1-7H3,(H2,19,20,21);1H. The van der Waals surface area contributed by atoms with E-state index < -0.39 is 0 Å².